The van der Waals surface area contributed by atoms with Crippen molar-refractivity contribution in [3.63, 3.8) is 0 Å². The fraction of sp³-hybridized carbons (Fsp3) is 0.706. The van der Waals surface area contributed by atoms with Crippen LogP contribution in [0.4, 0.5) is 19.0 Å². The lowest BCUT2D eigenvalue weighted by atomic mass is 9.93. The van der Waals surface area contributed by atoms with E-state index in [1.165, 1.54) is 12.1 Å². The molecule has 0 saturated carbocycles. The highest BCUT2D eigenvalue weighted by atomic mass is 19.4. The molecule has 1 aromatic heterocycles. The van der Waals surface area contributed by atoms with Crippen LogP contribution in [0.2, 0.25) is 0 Å². The van der Waals surface area contributed by atoms with Crippen molar-refractivity contribution in [2.45, 2.75) is 64.5 Å². The predicted molar refractivity (Wildman–Crippen MR) is 93.0 cm³/mol. The smallest absolute Gasteiger partial charge is 0.390 e. The summed E-state index contributed by atoms with van der Waals surface area (Å²) in [6.45, 7) is 6.99. The molecule has 3 atom stereocenters. The number of nitrogens with two attached hydrogens (primary N) is 1. The van der Waals surface area contributed by atoms with Gasteiger partial charge in [-0.1, -0.05) is 33.3 Å². The third-order valence-corrected chi connectivity index (χ3v) is 3.78. The summed E-state index contributed by atoms with van der Waals surface area (Å²) in [5.41, 5.74) is 4.08. The van der Waals surface area contributed by atoms with Crippen LogP contribution in [-0.4, -0.2) is 51.9 Å². The summed E-state index contributed by atoms with van der Waals surface area (Å²) >= 11 is 0. The van der Waals surface area contributed by atoms with Crippen LogP contribution in [0.5, 0.6) is 0 Å². The molecule has 1 fully saturated rings. The van der Waals surface area contributed by atoms with Gasteiger partial charge in [0.1, 0.15) is 11.5 Å². The van der Waals surface area contributed by atoms with Gasteiger partial charge in [0.25, 0.3) is 0 Å². The fourth-order valence-corrected chi connectivity index (χ4v) is 2.49. The Morgan fingerprint density at radius 2 is 1.88 bits per heavy atom. The molecule has 1 saturated heterocycles. The number of likely N-dealkylation sites (tertiary alicyclic amines) is 1. The van der Waals surface area contributed by atoms with E-state index in [4.69, 9.17) is 5.73 Å². The van der Waals surface area contributed by atoms with Crippen LogP contribution in [-0.2, 0) is 6.18 Å². The van der Waals surface area contributed by atoms with Crippen LogP contribution in [0.15, 0.2) is 18.2 Å². The highest BCUT2D eigenvalue weighted by Gasteiger charge is 2.33. The lowest BCUT2D eigenvalue weighted by Gasteiger charge is -2.39. The standard InChI is InChI=1S/C9H19NO2.C6H5F3N2.C2H6/c1-3-4-7-9(12)8(11)5-6-10(7)2;7-6(8,9)4-2-1-3-5(10)11-4;1-2/h7-9,11-12H,3-6H2,1-2H3;1-3H,(H2,10,11);1-2H3. The molecule has 1 aliphatic rings. The van der Waals surface area contributed by atoms with Crippen LogP contribution in [0, 0.1) is 0 Å². The molecule has 8 heteroatoms. The van der Waals surface area contributed by atoms with Crippen molar-refractivity contribution < 1.29 is 23.4 Å². The van der Waals surface area contributed by atoms with E-state index in [-0.39, 0.29) is 11.9 Å². The van der Waals surface area contributed by atoms with Crippen molar-refractivity contribution in [2.75, 3.05) is 19.3 Å². The number of pyridine rings is 1. The first kappa shape index (κ1) is 23.6. The van der Waals surface area contributed by atoms with Gasteiger partial charge in [-0.15, -0.1) is 0 Å². The van der Waals surface area contributed by atoms with Crippen molar-refractivity contribution in [2.24, 2.45) is 0 Å². The number of nitrogen functional groups attached to an aromatic ring is 1. The molecule has 2 rings (SSSR count). The third-order valence-electron chi connectivity index (χ3n) is 3.78. The summed E-state index contributed by atoms with van der Waals surface area (Å²) in [6, 6.07) is 3.54. The van der Waals surface area contributed by atoms with Gasteiger partial charge < -0.3 is 20.8 Å². The molecule has 0 amide bonds. The highest BCUT2D eigenvalue weighted by Crippen LogP contribution is 2.27. The van der Waals surface area contributed by atoms with E-state index in [0.717, 1.165) is 25.5 Å². The number of halogens is 3. The molecule has 0 bridgehead atoms. The summed E-state index contributed by atoms with van der Waals surface area (Å²) in [5, 5.41) is 19.1. The second-order valence-electron chi connectivity index (χ2n) is 5.63. The molecule has 3 unspecified atom stereocenters. The van der Waals surface area contributed by atoms with Crippen molar-refractivity contribution in [1.82, 2.24) is 9.88 Å². The van der Waals surface area contributed by atoms with E-state index < -0.39 is 24.1 Å². The molecule has 146 valence electrons. The predicted octanol–water partition coefficient (Wildman–Crippen LogP) is 2.92. The van der Waals surface area contributed by atoms with Crippen molar-refractivity contribution in [1.29, 1.82) is 0 Å². The van der Waals surface area contributed by atoms with Gasteiger partial charge in [-0.25, -0.2) is 4.98 Å². The van der Waals surface area contributed by atoms with Crippen LogP contribution < -0.4 is 5.73 Å². The van der Waals surface area contributed by atoms with E-state index in [9.17, 15) is 23.4 Å². The van der Waals surface area contributed by atoms with Crippen molar-refractivity contribution >= 4 is 5.82 Å². The number of aromatic nitrogens is 1. The zero-order valence-corrected chi connectivity index (χ0v) is 15.3. The molecule has 25 heavy (non-hydrogen) atoms. The largest absolute Gasteiger partial charge is 0.433 e. The average molecular weight is 365 g/mol. The molecule has 5 nitrogen and oxygen atoms in total. The minimum Gasteiger partial charge on any atom is -0.390 e. The van der Waals surface area contributed by atoms with Crippen molar-refractivity contribution in [3.8, 4) is 0 Å². The molecule has 2 heterocycles. The number of rotatable bonds is 2. The molecule has 0 spiro atoms. The lowest BCUT2D eigenvalue weighted by molar-refractivity contribution is -0.141. The SMILES string of the molecule is CC.CCCC1C(O)C(O)CCN1C.Nc1cccc(C(F)(F)F)n1. The summed E-state index contributed by atoms with van der Waals surface area (Å²) < 4.78 is 35.5. The molecule has 0 radical (unpaired) electrons. The maximum absolute atomic E-state index is 11.8. The van der Waals surface area contributed by atoms with Gasteiger partial charge >= 0.3 is 6.18 Å². The molecule has 0 aliphatic carbocycles. The molecular weight excluding hydrogens is 335 g/mol. The summed E-state index contributed by atoms with van der Waals surface area (Å²) in [5.74, 6) is -0.125. The van der Waals surface area contributed by atoms with E-state index in [0.29, 0.717) is 6.42 Å². The number of hydrogen-bond donors (Lipinski definition) is 3. The quantitative estimate of drug-likeness (QED) is 0.751. The Labute approximate surface area is 147 Å². The number of aliphatic hydroxyl groups is 2. The van der Waals surface area contributed by atoms with E-state index in [1.54, 1.807) is 0 Å². The second kappa shape index (κ2) is 11.3. The van der Waals surface area contributed by atoms with Crippen LogP contribution in [0.25, 0.3) is 0 Å². The Morgan fingerprint density at radius 3 is 2.32 bits per heavy atom. The van der Waals surface area contributed by atoms with Crippen LogP contribution in [0.1, 0.15) is 45.7 Å². The molecule has 1 aromatic rings. The van der Waals surface area contributed by atoms with E-state index in [1.807, 2.05) is 20.9 Å². The van der Waals surface area contributed by atoms with Crippen LogP contribution in [0.3, 0.4) is 0 Å². The summed E-state index contributed by atoms with van der Waals surface area (Å²) in [6.07, 6.45) is -2.76. The molecule has 1 aliphatic heterocycles. The first-order chi connectivity index (χ1) is 11.7. The van der Waals surface area contributed by atoms with Gasteiger partial charge in [-0.05, 0) is 32.0 Å². The highest BCUT2D eigenvalue weighted by molar-refractivity contribution is 5.29. The number of piperidine rings is 1. The maximum Gasteiger partial charge on any atom is 0.433 e. The van der Waals surface area contributed by atoms with E-state index >= 15 is 0 Å². The van der Waals surface area contributed by atoms with Gasteiger partial charge in [-0.2, -0.15) is 13.2 Å². The van der Waals surface area contributed by atoms with Gasteiger partial charge in [0.15, 0.2) is 0 Å². The lowest BCUT2D eigenvalue weighted by Crippen LogP contribution is -2.52. The first-order valence-electron chi connectivity index (χ1n) is 8.53. The summed E-state index contributed by atoms with van der Waals surface area (Å²) in [4.78, 5) is 5.24. The Morgan fingerprint density at radius 1 is 1.28 bits per heavy atom. The molecular formula is C17H30F3N3O2. The van der Waals surface area contributed by atoms with Crippen LogP contribution >= 0.6 is 0 Å². The summed E-state index contributed by atoms with van der Waals surface area (Å²) in [7, 11) is 2.01. The van der Waals surface area contributed by atoms with E-state index in [2.05, 4.69) is 16.8 Å². The minimum absolute atomic E-state index is 0.125. The van der Waals surface area contributed by atoms with Crippen molar-refractivity contribution in [3.05, 3.63) is 23.9 Å². The Kier molecular flexibility index (Phi) is 10.7. The number of hydrogen-bond acceptors (Lipinski definition) is 5. The number of nitrogens with zero attached hydrogens (tertiary/aromatic N) is 2. The number of likely N-dealkylation sites (N-methyl/N-ethyl adjacent to an activating group) is 1. The zero-order chi connectivity index (χ0) is 19.6. The monoisotopic (exact) mass is 365 g/mol. The van der Waals surface area contributed by atoms with Gasteiger partial charge in [-0.3, -0.25) is 0 Å². The molecule has 0 aromatic carbocycles. The average Bonchev–Trinajstić information content (AvgIpc) is 2.57. The second-order valence-corrected chi connectivity index (χ2v) is 5.63. The number of aliphatic hydroxyl groups excluding tert-OH is 2. The van der Waals surface area contributed by atoms with Gasteiger partial charge in [0.2, 0.25) is 0 Å². The first-order valence-corrected chi connectivity index (χ1v) is 8.53. The third kappa shape index (κ3) is 8.02. The fourth-order valence-electron chi connectivity index (χ4n) is 2.49. The minimum atomic E-state index is -4.41. The topological polar surface area (TPSA) is 82.6 Å². The Hall–Kier alpha value is -1.38. The maximum atomic E-state index is 11.8. The number of alkyl halides is 3. The normalized spacial score (nSPS) is 23.8. The van der Waals surface area contributed by atoms with Gasteiger partial charge in [0.05, 0.1) is 12.2 Å². The van der Waals surface area contributed by atoms with Gasteiger partial charge in [0, 0.05) is 12.6 Å². The Bertz CT molecular complexity index is 486. The molecule has 4 N–H and O–H groups in total. The number of anilines is 1. The Balaban J connectivity index is 0.000000421. The zero-order valence-electron chi connectivity index (χ0n) is 15.3.